The Labute approximate surface area is 233 Å². The minimum absolute atomic E-state index is 0.136. The van der Waals surface area contributed by atoms with Crippen LogP contribution in [0.1, 0.15) is 44.5 Å². The molecule has 0 bridgehead atoms. The number of hydrogen-bond acceptors (Lipinski definition) is 5. The number of halogens is 1. The predicted molar refractivity (Wildman–Crippen MR) is 150 cm³/mol. The number of benzene rings is 2. The summed E-state index contributed by atoms with van der Waals surface area (Å²) < 4.78 is 15.6. The molecule has 1 amide bonds. The Morgan fingerprint density at radius 3 is 2.25 bits per heavy atom. The summed E-state index contributed by atoms with van der Waals surface area (Å²) in [4.78, 5) is 38.4. The first-order valence-electron chi connectivity index (χ1n) is 13.4. The number of hydrogen-bond donors (Lipinski definition) is 3. The fourth-order valence-corrected chi connectivity index (χ4v) is 4.70. The number of aromatic nitrogens is 2. The van der Waals surface area contributed by atoms with E-state index in [0.717, 1.165) is 61.3 Å². The average molecular weight is 553 g/mol. The van der Waals surface area contributed by atoms with Crippen molar-refractivity contribution in [1.82, 2.24) is 19.8 Å². The molecular weight excluding hydrogens is 515 g/mol. The summed E-state index contributed by atoms with van der Waals surface area (Å²) in [5, 5.41) is 18.6. The number of para-hydroxylation sites is 2. The van der Waals surface area contributed by atoms with E-state index in [9.17, 15) is 18.8 Å². The third-order valence-electron chi connectivity index (χ3n) is 6.64. The quantitative estimate of drug-likeness (QED) is 0.324. The SMILES string of the molecule is CC(C)NC(=O)CCN1CCC(Cc2nc3ccccc3n2Cc2ccc(F)cc2)CC1.O=C(O)/C=C/C(=O)O. The van der Waals surface area contributed by atoms with E-state index in [1.807, 2.05) is 38.1 Å². The summed E-state index contributed by atoms with van der Waals surface area (Å²) >= 11 is 0. The zero-order valence-corrected chi connectivity index (χ0v) is 22.9. The van der Waals surface area contributed by atoms with Crippen molar-refractivity contribution in [3.63, 3.8) is 0 Å². The summed E-state index contributed by atoms with van der Waals surface area (Å²) in [5.74, 6) is -0.904. The van der Waals surface area contributed by atoms with Gasteiger partial charge in [0.25, 0.3) is 0 Å². The number of carbonyl (C=O) groups is 3. The van der Waals surface area contributed by atoms with Crippen LogP contribution in [0.3, 0.4) is 0 Å². The van der Waals surface area contributed by atoms with E-state index in [2.05, 4.69) is 26.9 Å². The van der Waals surface area contributed by atoms with E-state index in [4.69, 9.17) is 15.2 Å². The molecule has 3 aromatic rings. The highest BCUT2D eigenvalue weighted by molar-refractivity contribution is 5.89. The lowest BCUT2D eigenvalue weighted by molar-refractivity contribution is -0.134. The molecule has 0 saturated carbocycles. The molecule has 2 heterocycles. The smallest absolute Gasteiger partial charge is 0.328 e. The minimum atomic E-state index is -1.26. The fraction of sp³-hybridized carbons (Fsp3) is 0.400. The lowest BCUT2D eigenvalue weighted by Gasteiger charge is -2.31. The summed E-state index contributed by atoms with van der Waals surface area (Å²) in [6, 6.07) is 15.2. The van der Waals surface area contributed by atoms with Crippen molar-refractivity contribution in [3.8, 4) is 0 Å². The number of fused-ring (bicyclic) bond motifs is 1. The van der Waals surface area contributed by atoms with Gasteiger partial charge in [-0.1, -0.05) is 24.3 Å². The average Bonchev–Trinajstić information content (AvgIpc) is 3.25. The van der Waals surface area contributed by atoms with E-state index in [0.29, 0.717) is 31.0 Å². The van der Waals surface area contributed by atoms with Crippen LogP contribution in [-0.4, -0.2) is 68.2 Å². The molecule has 1 aliphatic rings. The molecule has 0 aliphatic carbocycles. The van der Waals surface area contributed by atoms with Crippen molar-refractivity contribution < 1.29 is 29.0 Å². The van der Waals surface area contributed by atoms with Gasteiger partial charge in [-0.3, -0.25) is 4.79 Å². The molecule has 1 aromatic heterocycles. The second-order valence-corrected chi connectivity index (χ2v) is 10.2. The molecule has 3 N–H and O–H groups in total. The van der Waals surface area contributed by atoms with Crippen molar-refractivity contribution >= 4 is 28.9 Å². The maximum atomic E-state index is 13.3. The van der Waals surface area contributed by atoms with Gasteiger partial charge in [-0.25, -0.2) is 19.0 Å². The van der Waals surface area contributed by atoms with Crippen molar-refractivity contribution in [2.24, 2.45) is 5.92 Å². The van der Waals surface area contributed by atoms with E-state index < -0.39 is 11.9 Å². The molecule has 1 saturated heterocycles. The van der Waals surface area contributed by atoms with Crippen molar-refractivity contribution in [3.05, 3.63) is 77.9 Å². The summed E-state index contributed by atoms with van der Waals surface area (Å²) in [5.41, 5.74) is 3.21. The molecule has 40 heavy (non-hydrogen) atoms. The first kappa shape index (κ1) is 30.5. The Bertz CT molecular complexity index is 1300. The second-order valence-electron chi connectivity index (χ2n) is 10.2. The van der Waals surface area contributed by atoms with Crippen molar-refractivity contribution in [1.29, 1.82) is 0 Å². The molecule has 0 spiro atoms. The number of amides is 1. The molecule has 0 atom stereocenters. The minimum Gasteiger partial charge on any atom is -0.478 e. The van der Waals surface area contributed by atoms with Crippen LogP contribution in [0.4, 0.5) is 4.39 Å². The van der Waals surface area contributed by atoms with Gasteiger partial charge in [0, 0.05) is 44.1 Å². The largest absolute Gasteiger partial charge is 0.478 e. The van der Waals surface area contributed by atoms with Gasteiger partial charge in [0.05, 0.1) is 11.0 Å². The number of imidazole rings is 1. The lowest BCUT2D eigenvalue weighted by atomic mass is 9.93. The molecular formula is C30H37FN4O5. The van der Waals surface area contributed by atoms with Crippen molar-refractivity contribution in [2.75, 3.05) is 19.6 Å². The molecule has 2 aromatic carbocycles. The molecule has 1 aliphatic heterocycles. The summed E-state index contributed by atoms with van der Waals surface area (Å²) in [6.07, 6.45) is 4.86. The lowest BCUT2D eigenvalue weighted by Crippen LogP contribution is -2.38. The Kier molecular flexibility index (Phi) is 11.4. The zero-order valence-electron chi connectivity index (χ0n) is 22.9. The van der Waals surface area contributed by atoms with Crippen LogP contribution >= 0.6 is 0 Å². The first-order valence-corrected chi connectivity index (χ1v) is 13.4. The molecule has 4 rings (SSSR count). The van der Waals surface area contributed by atoms with E-state index in [-0.39, 0.29) is 17.8 Å². The highest BCUT2D eigenvalue weighted by Crippen LogP contribution is 2.25. The number of aliphatic carboxylic acids is 2. The van der Waals surface area contributed by atoms with Crippen molar-refractivity contribution in [2.45, 2.75) is 52.1 Å². The van der Waals surface area contributed by atoms with Crippen LogP contribution < -0.4 is 5.32 Å². The molecule has 9 nitrogen and oxygen atoms in total. The number of rotatable bonds is 10. The van der Waals surface area contributed by atoms with E-state index >= 15 is 0 Å². The normalized spacial score (nSPS) is 14.3. The molecule has 0 unspecified atom stereocenters. The second kappa shape index (κ2) is 14.9. The molecule has 1 fully saturated rings. The van der Waals surface area contributed by atoms with Gasteiger partial charge < -0.3 is 25.0 Å². The number of likely N-dealkylation sites (tertiary alicyclic amines) is 1. The topological polar surface area (TPSA) is 125 Å². The number of carbonyl (C=O) groups excluding carboxylic acids is 1. The molecule has 214 valence electrons. The van der Waals surface area contributed by atoms with Crippen LogP contribution in [0.25, 0.3) is 11.0 Å². The summed E-state index contributed by atoms with van der Waals surface area (Å²) in [6.45, 7) is 7.56. The Balaban J connectivity index is 0.000000482. The zero-order chi connectivity index (χ0) is 29.1. The van der Waals surface area contributed by atoms with Gasteiger partial charge in [-0.15, -0.1) is 0 Å². The van der Waals surface area contributed by atoms with Crippen LogP contribution in [0.5, 0.6) is 0 Å². The van der Waals surface area contributed by atoms with Crippen LogP contribution in [0.2, 0.25) is 0 Å². The van der Waals surface area contributed by atoms with E-state index in [1.54, 1.807) is 0 Å². The van der Waals surface area contributed by atoms with Crippen LogP contribution in [-0.2, 0) is 27.3 Å². The van der Waals surface area contributed by atoms with Crippen LogP contribution in [0.15, 0.2) is 60.7 Å². The Hall–Kier alpha value is -4.05. The number of carboxylic acid groups (broad SMARTS) is 2. The Morgan fingerprint density at radius 1 is 1.02 bits per heavy atom. The van der Waals surface area contributed by atoms with Gasteiger partial charge in [0.1, 0.15) is 11.6 Å². The maximum Gasteiger partial charge on any atom is 0.328 e. The van der Waals surface area contributed by atoms with E-state index in [1.165, 1.54) is 12.1 Å². The maximum absolute atomic E-state index is 13.3. The standard InChI is InChI=1S/C26H33FN4O.C4H4O4/c1-19(2)28-26(32)13-16-30-14-11-20(12-15-30)17-25-29-23-5-3-4-6-24(23)31(25)18-21-7-9-22(27)10-8-21;5-3(6)1-2-4(7)8/h3-10,19-20H,11-18H2,1-2H3,(H,28,32);1-2H,(H,5,6)(H,7,8)/b;2-1+. The monoisotopic (exact) mass is 552 g/mol. The molecule has 0 radical (unpaired) electrons. The predicted octanol–water partition coefficient (Wildman–Crippen LogP) is 4.10. The fourth-order valence-electron chi connectivity index (χ4n) is 4.70. The van der Waals surface area contributed by atoms with Gasteiger partial charge in [0.2, 0.25) is 5.91 Å². The number of nitrogens with zero attached hydrogens (tertiary/aromatic N) is 3. The molecule has 10 heteroatoms. The first-order chi connectivity index (χ1) is 19.1. The summed E-state index contributed by atoms with van der Waals surface area (Å²) in [7, 11) is 0. The highest BCUT2D eigenvalue weighted by Gasteiger charge is 2.22. The van der Waals surface area contributed by atoms with Crippen LogP contribution in [0, 0.1) is 11.7 Å². The van der Waals surface area contributed by atoms with Gasteiger partial charge in [0.15, 0.2) is 0 Å². The number of piperidine rings is 1. The number of carboxylic acids is 2. The Morgan fingerprint density at radius 2 is 1.65 bits per heavy atom. The van der Waals surface area contributed by atoms with Gasteiger partial charge in [-0.05, 0) is 75.5 Å². The van der Waals surface area contributed by atoms with Gasteiger partial charge in [-0.2, -0.15) is 0 Å². The van der Waals surface area contributed by atoms with Gasteiger partial charge >= 0.3 is 11.9 Å². The number of nitrogens with one attached hydrogen (secondary N) is 1. The third kappa shape index (κ3) is 9.92. The highest BCUT2D eigenvalue weighted by atomic mass is 19.1. The third-order valence-corrected chi connectivity index (χ3v) is 6.64.